The first-order valence-electron chi connectivity index (χ1n) is 6.39. The monoisotopic (exact) mass is 363 g/mol. The number of nitro groups is 1. The quantitative estimate of drug-likeness (QED) is 0.436. The normalized spacial score (nSPS) is 25.1. The van der Waals surface area contributed by atoms with E-state index >= 15 is 0 Å². The summed E-state index contributed by atoms with van der Waals surface area (Å²) >= 11 is 9.38. The molecule has 0 saturated heterocycles. The smallest absolute Gasteiger partial charge is 0.312 e. The molecule has 0 radical (unpaired) electrons. The minimum Gasteiger partial charge on any atom is -0.480 e. The second-order valence-corrected chi connectivity index (χ2v) is 6.00. The maximum atomic E-state index is 11.0. The van der Waals surface area contributed by atoms with Crippen molar-refractivity contribution < 1.29 is 14.4 Å². The van der Waals surface area contributed by atoms with E-state index in [1.807, 2.05) is 6.92 Å². The van der Waals surface area contributed by atoms with Gasteiger partial charge in [-0.05, 0) is 28.4 Å². The van der Waals surface area contributed by atoms with E-state index in [1.165, 1.54) is 6.07 Å². The molecule has 0 aromatic heterocycles. The van der Waals surface area contributed by atoms with Gasteiger partial charge in [-0.3, -0.25) is 10.1 Å². The summed E-state index contributed by atoms with van der Waals surface area (Å²) in [5.74, 6) is 0.233. The Hall–Kier alpha value is -0.850. The van der Waals surface area contributed by atoms with Crippen molar-refractivity contribution in [1.29, 1.82) is 0 Å². The van der Waals surface area contributed by atoms with Gasteiger partial charge in [0, 0.05) is 19.1 Å². The Bertz CT molecular complexity index is 499. The van der Waals surface area contributed by atoms with Gasteiger partial charge in [-0.15, -0.1) is 11.6 Å². The summed E-state index contributed by atoms with van der Waals surface area (Å²) in [6.45, 7) is 2.61. The molecule has 1 aromatic rings. The van der Waals surface area contributed by atoms with Crippen LogP contribution in [0.1, 0.15) is 19.8 Å². The van der Waals surface area contributed by atoms with Crippen LogP contribution in [0, 0.1) is 10.1 Å². The molecule has 0 spiro atoms. The summed E-state index contributed by atoms with van der Waals surface area (Å²) in [6.07, 6.45) is 1.04. The van der Waals surface area contributed by atoms with Crippen molar-refractivity contribution in [2.24, 2.45) is 0 Å². The van der Waals surface area contributed by atoms with Crippen LogP contribution in [0.15, 0.2) is 22.7 Å². The molecule has 1 aromatic carbocycles. The lowest BCUT2D eigenvalue weighted by atomic mass is 9.91. The Morgan fingerprint density at radius 3 is 2.90 bits per heavy atom. The second kappa shape index (κ2) is 6.74. The van der Waals surface area contributed by atoms with Crippen molar-refractivity contribution in [2.45, 2.75) is 37.4 Å². The first kappa shape index (κ1) is 15.5. The summed E-state index contributed by atoms with van der Waals surface area (Å²) in [7, 11) is 0. The zero-order chi connectivity index (χ0) is 14.7. The molecule has 7 heteroatoms. The molecule has 2 rings (SSSR count). The zero-order valence-electron chi connectivity index (χ0n) is 10.9. The third-order valence-electron chi connectivity index (χ3n) is 3.11. The van der Waals surface area contributed by atoms with Crippen molar-refractivity contribution in [3.63, 3.8) is 0 Å². The third kappa shape index (κ3) is 3.24. The van der Waals surface area contributed by atoms with Crippen molar-refractivity contribution in [1.82, 2.24) is 0 Å². The first-order valence-corrected chi connectivity index (χ1v) is 7.62. The fourth-order valence-corrected chi connectivity index (χ4v) is 2.88. The molecule has 1 saturated carbocycles. The van der Waals surface area contributed by atoms with Crippen LogP contribution in [0.3, 0.4) is 0 Å². The van der Waals surface area contributed by atoms with E-state index in [0.717, 1.165) is 6.42 Å². The van der Waals surface area contributed by atoms with Crippen molar-refractivity contribution in [2.75, 3.05) is 6.61 Å². The highest BCUT2D eigenvalue weighted by Crippen LogP contribution is 2.40. The Labute approximate surface area is 130 Å². The number of ether oxygens (including phenoxy) is 2. The molecule has 1 aliphatic carbocycles. The maximum Gasteiger partial charge on any atom is 0.312 e. The predicted molar refractivity (Wildman–Crippen MR) is 79.5 cm³/mol. The van der Waals surface area contributed by atoms with E-state index in [4.69, 9.17) is 21.1 Å². The molecule has 0 amide bonds. The van der Waals surface area contributed by atoms with E-state index in [-0.39, 0.29) is 29.0 Å². The Balaban J connectivity index is 2.12. The van der Waals surface area contributed by atoms with Crippen LogP contribution in [0.5, 0.6) is 5.75 Å². The maximum absolute atomic E-state index is 11.0. The van der Waals surface area contributed by atoms with Gasteiger partial charge in [-0.2, -0.15) is 0 Å². The number of nitro benzene ring substituents is 1. The molecule has 110 valence electrons. The van der Waals surface area contributed by atoms with Gasteiger partial charge in [0.1, 0.15) is 12.2 Å². The molecule has 0 heterocycles. The average molecular weight is 365 g/mol. The molecule has 1 aliphatic rings. The van der Waals surface area contributed by atoms with E-state index in [9.17, 15) is 10.1 Å². The number of benzene rings is 1. The highest BCUT2D eigenvalue weighted by Gasteiger charge is 2.43. The third-order valence-corrected chi connectivity index (χ3v) is 4.16. The van der Waals surface area contributed by atoms with Gasteiger partial charge in [0.2, 0.25) is 5.75 Å². The van der Waals surface area contributed by atoms with Gasteiger partial charge in [0.05, 0.1) is 14.8 Å². The van der Waals surface area contributed by atoms with Gasteiger partial charge in [0.25, 0.3) is 0 Å². The number of para-hydroxylation sites is 1. The molecule has 1 fully saturated rings. The number of alkyl halides is 1. The Morgan fingerprint density at radius 2 is 2.30 bits per heavy atom. The number of hydrogen-bond acceptors (Lipinski definition) is 4. The summed E-state index contributed by atoms with van der Waals surface area (Å²) < 4.78 is 11.9. The van der Waals surface area contributed by atoms with E-state index < -0.39 is 4.92 Å². The van der Waals surface area contributed by atoms with Gasteiger partial charge in [-0.25, -0.2) is 0 Å². The average Bonchev–Trinajstić information content (AvgIpc) is 2.40. The van der Waals surface area contributed by atoms with Crippen molar-refractivity contribution in [3.05, 3.63) is 32.8 Å². The fourth-order valence-electron chi connectivity index (χ4n) is 2.02. The standard InChI is InChI=1S/C13H15BrClNO4/c1-2-6-19-13-9(15)7-11(13)20-12-8(14)4-3-5-10(12)16(17)18/h3-5,9,11,13H,2,6-7H2,1H3. The lowest BCUT2D eigenvalue weighted by Crippen LogP contribution is -2.52. The summed E-state index contributed by atoms with van der Waals surface area (Å²) in [6, 6.07) is 4.73. The van der Waals surface area contributed by atoms with E-state index in [1.54, 1.807) is 12.1 Å². The molecule has 0 N–H and O–H groups in total. The molecular weight excluding hydrogens is 350 g/mol. The molecule has 20 heavy (non-hydrogen) atoms. The molecule has 0 bridgehead atoms. The highest BCUT2D eigenvalue weighted by molar-refractivity contribution is 9.10. The van der Waals surface area contributed by atoms with Crippen LogP contribution in [0.2, 0.25) is 0 Å². The van der Waals surface area contributed by atoms with Gasteiger partial charge in [0.15, 0.2) is 0 Å². The van der Waals surface area contributed by atoms with Crippen LogP contribution in [-0.4, -0.2) is 29.1 Å². The Kier molecular flexibility index (Phi) is 5.23. The van der Waals surface area contributed by atoms with E-state index in [2.05, 4.69) is 15.9 Å². The Morgan fingerprint density at radius 1 is 1.55 bits per heavy atom. The summed E-state index contributed by atoms with van der Waals surface area (Å²) in [4.78, 5) is 10.6. The van der Waals surface area contributed by atoms with Crippen LogP contribution < -0.4 is 4.74 Å². The highest BCUT2D eigenvalue weighted by atomic mass is 79.9. The lowest BCUT2D eigenvalue weighted by molar-refractivity contribution is -0.386. The molecule has 0 aliphatic heterocycles. The van der Waals surface area contributed by atoms with Gasteiger partial charge in [-0.1, -0.05) is 13.0 Å². The SMILES string of the molecule is CCCOC1C(Cl)CC1Oc1c(Br)cccc1[N+](=O)[O-]. The minimum atomic E-state index is -0.459. The predicted octanol–water partition coefficient (Wildman–Crippen LogP) is 3.91. The molecule has 3 unspecified atom stereocenters. The van der Waals surface area contributed by atoms with Crippen LogP contribution in [0.25, 0.3) is 0 Å². The van der Waals surface area contributed by atoms with Crippen LogP contribution in [0.4, 0.5) is 5.69 Å². The van der Waals surface area contributed by atoms with Crippen molar-refractivity contribution >= 4 is 33.2 Å². The number of rotatable bonds is 6. The second-order valence-electron chi connectivity index (χ2n) is 4.59. The van der Waals surface area contributed by atoms with Crippen LogP contribution in [-0.2, 0) is 4.74 Å². The largest absolute Gasteiger partial charge is 0.480 e. The molecular formula is C13H15BrClNO4. The van der Waals surface area contributed by atoms with Gasteiger partial charge >= 0.3 is 5.69 Å². The number of nitrogens with zero attached hydrogens (tertiary/aromatic N) is 1. The van der Waals surface area contributed by atoms with E-state index in [0.29, 0.717) is 17.5 Å². The van der Waals surface area contributed by atoms with Gasteiger partial charge < -0.3 is 9.47 Å². The lowest BCUT2D eigenvalue weighted by Gasteiger charge is -2.40. The fraction of sp³-hybridized carbons (Fsp3) is 0.538. The first-order chi connectivity index (χ1) is 9.54. The minimum absolute atomic E-state index is 0.0633. The number of hydrogen-bond donors (Lipinski definition) is 0. The summed E-state index contributed by atoms with van der Waals surface area (Å²) in [5.41, 5.74) is -0.0633. The zero-order valence-corrected chi connectivity index (χ0v) is 13.3. The number of halogens is 2. The van der Waals surface area contributed by atoms with Crippen LogP contribution >= 0.6 is 27.5 Å². The van der Waals surface area contributed by atoms with Crippen molar-refractivity contribution in [3.8, 4) is 5.75 Å². The topological polar surface area (TPSA) is 61.6 Å². The molecule has 5 nitrogen and oxygen atoms in total. The summed E-state index contributed by atoms with van der Waals surface area (Å²) in [5, 5.41) is 10.9. The molecule has 3 atom stereocenters.